The Hall–Kier alpha value is -4.62. The van der Waals surface area contributed by atoms with Gasteiger partial charge in [0, 0.05) is 18.7 Å². The molecule has 7 nitrogen and oxygen atoms in total. The molecule has 0 aliphatic carbocycles. The van der Waals surface area contributed by atoms with E-state index in [0.29, 0.717) is 41.5 Å². The summed E-state index contributed by atoms with van der Waals surface area (Å²) in [4.78, 5) is 25.4. The van der Waals surface area contributed by atoms with E-state index < -0.39 is 0 Å². The molecule has 0 atom stereocenters. The lowest BCUT2D eigenvalue weighted by atomic mass is 10.0. The van der Waals surface area contributed by atoms with Crippen LogP contribution < -0.4 is 25.4 Å². The van der Waals surface area contributed by atoms with Gasteiger partial charge in [-0.3, -0.25) is 9.59 Å². The molecule has 1 aliphatic rings. The molecule has 4 aromatic carbocycles. The first-order valence-electron chi connectivity index (χ1n) is 12.1. The van der Waals surface area contributed by atoms with E-state index in [4.69, 9.17) is 9.47 Å². The predicted octanol–water partition coefficient (Wildman–Crippen LogP) is 5.24. The summed E-state index contributed by atoms with van der Waals surface area (Å²) in [5.74, 6) is 1.28. The fourth-order valence-electron chi connectivity index (χ4n) is 4.05. The minimum Gasteiger partial charge on any atom is -0.492 e. The number of fused-ring (bicyclic) bond motifs is 2. The maximum atomic E-state index is 12.8. The van der Waals surface area contributed by atoms with Crippen LogP contribution in [0.25, 0.3) is 11.1 Å². The first-order valence-corrected chi connectivity index (χ1v) is 12.1. The molecule has 0 saturated carbocycles. The van der Waals surface area contributed by atoms with Crippen molar-refractivity contribution in [2.75, 3.05) is 25.5 Å². The number of rotatable bonds is 8. The van der Waals surface area contributed by atoms with Crippen molar-refractivity contribution in [1.29, 1.82) is 0 Å². The highest BCUT2D eigenvalue weighted by Crippen LogP contribution is 2.36. The Balaban J connectivity index is 1.22. The normalized spacial score (nSPS) is 11.9. The number of carbonyl (C=O) groups is 2. The molecule has 4 aromatic rings. The fraction of sp³-hybridized carbons (Fsp3) is 0.133. The molecule has 37 heavy (non-hydrogen) atoms. The summed E-state index contributed by atoms with van der Waals surface area (Å²) < 4.78 is 11.7. The predicted molar refractivity (Wildman–Crippen MR) is 143 cm³/mol. The highest BCUT2D eigenvalue weighted by molar-refractivity contribution is 6.08. The second-order valence-electron chi connectivity index (χ2n) is 8.62. The van der Waals surface area contributed by atoms with Gasteiger partial charge < -0.3 is 25.4 Å². The van der Waals surface area contributed by atoms with Crippen molar-refractivity contribution in [1.82, 2.24) is 10.6 Å². The zero-order valence-corrected chi connectivity index (χ0v) is 20.4. The van der Waals surface area contributed by atoms with Crippen molar-refractivity contribution < 1.29 is 19.1 Å². The van der Waals surface area contributed by atoms with E-state index in [0.717, 1.165) is 29.0 Å². The van der Waals surface area contributed by atoms with Gasteiger partial charge in [-0.25, -0.2) is 0 Å². The number of benzene rings is 4. The van der Waals surface area contributed by atoms with E-state index >= 15 is 0 Å². The van der Waals surface area contributed by atoms with Crippen LogP contribution in [0.1, 0.15) is 26.3 Å². The molecule has 5 rings (SSSR count). The van der Waals surface area contributed by atoms with E-state index in [1.165, 1.54) is 0 Å². The summed E-state index contributed by atoms with van der Waals surface area (Å²) in [6.07, 6.45) is 0. The second kappa shape index (κ2) is 11.0. The molecule has 0 aromatic heterocycles. The lowest BCUT2D eigenvalue weighted by Gasteiger charge is -2.11. The van der Waals surface area contributed by atoms with Crippen LogP contribution in [0.4, 0.5) is 5.69 Å². The number of anilines is 1. The Kier molecular flexibility index (Phi) is 7.14. The van der Waals surface area contributed by atoms with Crippen LogP contribution in [0.3, 0.4) is 0 Å². The number of likely N-dealkylation sites (N-methyl/N-ethyl adjacent to an activating group) is 1. The van der Waals surface area contributed by atoms with Crippen LogP contribution in [-0.2, 0) is 6.54 Å². The SMILES string of the molecule is CNCCOc1cccc(-c2ccc(CNC(=O)c3ccc4c(c3)NC(=O)c3ccccc3O4)cc2)c1. The quantitative estimate of drug-likeness (QED) is 0.292. The second-order valence-corrected chi connectivity index (χ2v) is 8.62. The molecular formula is C30H27N3O4. The Morgan fingerprint density at radius 3 is 2.57 bits per heavy atom. The van der Waals surface area contributed by atoms with Crippen LogP contribution in [-0.4, -0.2) is 32.0 Å². The maximum Gasteiger partial charge on any atom is 0.259 e. The topological polar surface area (TPSA) is 88.7 Å². The number of amides is 2. The van der Waals surface area contributed by atoms with Crippen molar-refractivity contribution in [3.8, 4) is 28.4 Å². The third-order valence-electron chi connectivity index (χ3n) is 6.04. The van der Waals surface area contributed by atoms with E-state index in [2.05, 4.69) is 16.0 Å². The Labute approximate surface area is 215 Å². The highest BCUT2D eigenvalue weighted by atomic mass is 16.5. The standard InChI is InChI=1S/C30H27N3O4/c1-31-15-16-36-24-6-4-5-22(17-24)21-11-9-20(10-12-21)19-32-29(34)23-13-14-28-26(18-23)33-30(35)25-7-2-3-8-27(25)37-28/h2-14,17-18,31H,15-16,19H2,1H3,(H,32,34)(H,33,35). The van der Waals surface area contributed by atoms with E-state index in [9.17, 15) is 9.59 Å². The van der Waals surface area contributed by atoms with Crippen LogP contribution in [0.2, 0.25) is 0 Å². The number of para-hydroxylation sites is 1. The van der Waals surface area contributed by atoms with Gasteiger partial charge in [-0.1, -0.05) is 48.5 Å². The van der Waals surface area contributed by atoms with Gasteiger partial charge in [0.15, 0.2) is 5.75 Å². The van der Waals surface area contributed by atoms with E-state index in [1.54, 1.807) is 36.4 Å². The molecule has 1 aliphatic heterocycles. The van der Waals surface area contributed by atoms with Gasteiger partial charge in [0.05, 0.1) is 11.3 Å². The Morgan fingerprint density at radius 2 is 1.73 bits per heavy atom. The smallest absolute Gasteiger partial charge is 0.259 e. The monoisotopic (exact) mass is 493 g/mol. The van der Waals surface area contributed by atoms with Crippen molar-refractivity contribution in [2.45, 2.75) is 6.54 Å². The van der Waals surface area contributed by atoms with Gasteiger partial charge in [-0.05, 0) is 66.2 Å². The molecule has 0 saturated heterocycles. The van der Waals surface area contributed by atoms with Gasteiger partial charge in [0.25, 0.3) is 11.8 Å². The zero-order valence-electron chi connectivity index (χ0n) is 20.4. The molecule has 1 heterocycles. The van der Waals surface area contributed by atoms with Crippen LogP contribution in [0, 0.1) is 0 Å². The number of carbonyl (C=O) groups excluding carboxylic acids is 2. The largest absolute Gasteiger partial charge is 0.492 e. The van der Waals surface area contributed by atoms with E-state index in [1.807, 2.05) is 61.6 Å². The molecule has 2 amide bonds. The van der Waals surface area contributed by atoms with Gasteiger partial charge in [-0.2, -0.15) is 0 Å². The first kappa shape index (κ1) is 24.1. The summed E-state index contributed by atoms with van der Waals surface area (Å²) >= 11 is 0. The average molecular weight is 494 g/mol. The molecule has 0 unspecified atom stereocenters. The van der Waals surface area contributed by atoms with Crippen molar-refractivity contribution in [3.63, 3.8) is 0 Å². The summed E-state index contributed by atoms with van der Waals surface area (Å²) in [6.45, 7) is 1.76. The van der Waals surface area contributed by atoms with Crippen molar-refractivity contribution in [2.24, 2.45) is 0 Å². The molecule has 3 N–H and O–H groups in total. The van der Waals surface area contributed by atoms with Crippen LogP contribution in [0.15, 0.2) is 91.0 Å². The number of ether oxygens (including phenoxy) is 2. The Morgan fingerprint density at radius 1 is 0.892 bits per heavy atom. The lowest BCUT2D eigenvalue weighted by Crippen LogP contribution is -2.23. The zero-order chi connectivity index (χ0) is 25.6. The average Bonchev–Trinajstić information content (AvgIpc) is 3.07. The molecule has 0 radical (unpaired) electrons. The molecule has 7 heteroatoms. The van der Waals surface area contributed by atoms with Gasteiger partial charge in [0.1, 0.15) is 18.1 Å². The summed E-state index contributed by atoms with van der Waals surface area (Å²) in [7, 11) is 1.89. The molecule has 186 valence electrons. The van der Waals surface area contributed by atoms with Crippen LogP contribution >= 0.6 is 0 Å². The minimum absolute atomic E-state index is 0.241. The molecule has 0 spiro atoms. The van der Waals surface area contributed by atoms with Gasteiger partial charge in [0.2, 0.25) is 0 Å². The van der Waals surface area contributed by atoms with Gasteiger partial charge >= 0.3 is 0 Å². The first-order chi connectivity index (χ1) is 18.1. The summed E-state index contributed by atoms with van der Waals surface area (Å²) in [5, 5.41) is 8.84. The highest BCUT2D eigenvalue weighted by Gasteiger charge is 2.21. The molecular weight excluding hydrogens is 466 g/mol. The number of hydrogen-bond acceptors (Lipinski definition) is 5. The molecule has 0 fully saturated rings. The van der Waals surface area contributed by atoms with Crippen LogP contribution in [0.5, 0.6) is 17.2 Å². The minimum atomic E-state index is -0.276. The third-order valence-corrected chi connectivity index (χ3v) is 6.04. The number of nitrogens with one attached hydrogen (secondary N) is 3. The maximum absolute atomic E-state index is 12.8. The van der Waals surface area contributed by atoms with Crippen molar-refractivity contribution in [3.05, 3.63) is 108 Å². The van der Waals surface area contributed by atoms with Gasteiger partial charge in [-0.15, -0.1) is 0 Å². The molecule has 0 bridgehead atoms. The van der Waals surface area contributed by atoms with E-state index in [-0.39, 0.29) is 11.8 Å². The Bertz CT molecular complexity index is 1430. The fourth-order valence-corrected chi connectivity index (χ4v) is 4.05. The third kappa shape index (κ3) is 5.63. The summed E-state index contributed by atoms with van der Waals surface area (Å²) in [6, 6.07) is 28.1. The summed E-state index contributed by atoms with van der Waals surface area (Å²) in [5.41, 5.74) is 4.43. The number of hydrogen-bond donors (Lipinski definition) is 3. The lowest BCUT2D eigenvalue weighted by molar-refractivity contribution is 0.0949. The van der Waals surface area contributed by atoms with Crippen molar-refractivity contribution >= 4 is 17.5 Å².